The van der Waals surface area contributed by atoms with Crippen LogP contribution in [0.1, 0.15) is 53.3 Å². The summed E-state index contributed by atoms with van der Waals surface area (Å²) < 4.78 is 20.7. The maximum Gasteiger partial charge on any atom is 0.258 e. The molecule has 4 aliphatic rings. The predicted molar refractivity (Wildman–Crippen MR) is 139 cm³/mol. The molecule has 3 aliphatic heterocycles. The summed E-state index contributed by atoms with van der Waals surface area (Å²) in [5.74, 6) is 0.439. The van der Waals surface area contributed by atoms with E-state index in [9.17, 15) is 14.3 Å². The van der Waals surface area contributed by atoms with Crippen molar-refractivity contribution in [3.05, 3.63) is 57.5 Å². The molecule has 10 heteroatoms. The minimum absolute atomic E-state index is 0.125. The molecule has 0 spiro atoms. The van der Waals surface area contributed by atoms with E-state index in [-0.39, 0.29) is 37.5 Å². The van der Waals surface area contributed by atoms with Crippen molar-refractivity contribution in [2.45, 2.75) is 51.7 Å². The fourth-order valence-electron chi connectivity index (χ4n) is 5.88. The first-order chi connectivity index (χ1) is 17.7. The molecule has 4 heterocycles. The molecular weight excluding hydrogens is 497 g/mol. The fraction of sp³-hybridized carbons (Fsp3) is 0.519. The largest absolute Gasteiger partial charge is 0.489 e. The van der Waals surface area contributed by atoms with E-state index >= 15 is 0 Å². The Hall–Kier alpha value is -2.75. The van der Waals surface area contributed by atoms with Gasteiger partial charge in [-0.1, -0.05) is 11.6 Å². The normalized spacial score (nSPS) is 24.0. The molecule has 1 saturated carbocycles. The Balaban J connectivity index is 1.34. The maximum atomic E-state index is 14.3. The highest BCUT2D eigenvalue weighted by atomic mass is 35.5. The second-order valence-corrected chi connectivity index (χ2v) is 10.7. The van der Waals surface area contributed by atoms with Gasteiger partial charge in [-0.2, -0.15) is 0 Å². The van der Waals surface area contributed by atoms with E-state index in [1.807, 2.05) is 0 Å². The van der Waals surface area contributed by atoms with E-state index in [0.717, 1.165) is 32.2 Å². The van der Waals surface area contributed by atoms with Crippen LogP contribution in [0.5, 0.6) is 5.75 Å². The van der Waals surface area contributed by atoms with Crippen LogP contribution in [0.3, 0.4) is 0 Å². The highest BCUT2D eigenvalue weighted by molar-refractivity contribution is 6.31. The molecule has 3 fully saturated rings. The highest BCUT2D eigenvalue weighted by Crippen LogP contribution is 2.36. The van der Waals surface area contributed by atoms with Gasteiger partial charge < -0.3 is 20.5 Å². The van der Waals surface area contributed by atoms with E-state index in [1.54, 1.807) is 18.7 Å². The van der Waals surface area contributed by atoms with E-state index in [4.69, 9.17) is 22.1 Å². The summed E-state index contributed by atoms with van der Waals surface area (Å²) in [6.07, 6.45) is 3.69. The molecule has 37 heavy (non-hydrogen) atoms. The number of hydrogen-bond acceptors (Lipinski definition) is 7. The number of aromatic nitrogens is 2. The number of amides is 1. The summed E-state index contributed by atoms with van der Waals surface area (Å²) in [4.78, 5) is 26.5. The summed E-state index contributed by atoms with van der Waals surface area (Å²) in [5, 5.41) is 9.95. The van der Waals surface area contributed by atoms with Crippen molar-refractivity contribution in [2.24, 2.45) is 11.7 Å². The molecule has 1 aromatic heterocycles. The SMILES string of the molecule is Cc1nc(C2=C(N)CN(C(=O)c3ccc(F)cc3O[C@@H]3CC4CC[C@H](C3)N(CCO)C4)C2)nc(C)c1Cl. The summed E-state index contributed by atoms with van der Waals surface area (Å²) in [6.45, 7) is 5.80. The number of aliphatic hydroxyl groups is 1. The Bertz CT molecular complexity index is 1220. The fourth-order valence-corrected chi connectivity index (χ4v) is 5.96. The zero-order valence-electron chi connectivity index (χ0n) is 21.2. The standard InChI is InChI=1S/C27H33ClFN5O3/c1-15-25(28)16(2)32-26(31-15)22-13-34(14-23(22)30)27(36)21-6-4-18(29)10-24(21)37-20-9-17-3-5-19(11-20)33(12-17)7-8-35/h4,6,10,17,19-20,35H,3,5,7-9,11-14,30H2,1-2H3/t17?,19-,20-/m1/s1. The molecule has 1 amide bonds. The van der Waals surface area contributed by atoms with Crippen LogP contribution in [0.15, 0.2) is 23.9 Å². The molecular formula is C27H33ClFN5O3. The summed E-state index contributed by atoms with van der Waals surface area (Å²) in [7, 11) is 0. The summed E-state index contributed by atoms with van der Waals surface area (Å²) in [5.41, 5.74) is 9.13. The van der Waals surface area contributed by atoms with E-state index in [0.29, 0.717) is 57.6 Å². The third-order valence-electron chi connectivity index (χ3n) is 7.74. The van der Waals surface area contributed by atoms with Crippen LogP contribution in [0, 0.1) is 25.6 Å². The molecule has 1 aliphatic carbocycles. The minimum Gasteiger partial charge on any atom is -0.489 e. The molecule has 3 N–H and O–H groups in total. The molecule has 3 atom stereocenters. The number of benzene rings is 1. The number of ether oxygens (including phenoxy) is 1. The first kappa shape index (κ1) is 25.9. The van der Waals surface area contributed by atoms with Crippen molar-refractivity contribution in [1.82, 2.24) is 19.8 Å². The third-order valence-corrected chi connectivity index (χ3v) is 8.29. The quantitative estimate of drug-likeness (QED) is 0.591. The molecule has 1 unspecified atom stereocenters. The lowest BCUT2D eigenvalue weighted by Crippen LogP contribution is -2.42. The topological polar surface area (TPSA) is 105 Å². The van der Waals surface area contributed by atoms with Crippen molar-refractivity contribution in [1.29, 1.82) is 0 Å². The minimum atomic E-state index is -0.453. The average Bonchev–Trinajstić information content (AvgIpc) is 3.04. The van der Waals surface area contributed by atoms with Crippen molar-refractivity contribution >= 4 is 23.1 Å². The number of fused-ring (bicyclic) bond motifs is 4. The average molecular weight is 530 g/mol. The van der Waals surface area contributed by atoms with Gasteiger partial charge in [0.25, 0.3) is 5.91 Å². The van der Waals surface area contributed by atoms with E-state index in [2.05, 4.69) is 14.9 Å². The van der Waals surface area contributed by atoms with Crippen LogP contribution in [0.25, 0.3) is 5.57 Å². The zero-order chi connectivity index (χ0) is 26.3. The number of piperidine rings is 1. The lowest BCUT2D eigenvalue weighted by Gasteiger charge is -2.35. The molecule has 6 rings (SSSR count). The Morgan fingerprint density at radius 3 is 2.70 bits per heavy atom. The van der Waals surface area contributed by atoms with Gasteiger partial charge >= 0.3 is 0 Å². The van der Waals surface area contributed by atoms with Gasteiger partial charge in [-0.15, -0.1) is 0 Å². The monoisotopic (exact) mass is 529 g/mol. The number of nitrogens with two attached hydrogens (primary N) is 1. The zero-order valence-corrected chi connectivity index (χ0v) is 22.0. The Labute approximate surface area is 221 Å². The second kappa shape index (κ2) is 10.6. The van der Waals surface area contributed by atoms with Crippen LogP contribution in [-0.4, -0.2) is 75.7 Å². The van der Waals surface area contributed by atoms with Crippen LogP contribution in [-0.2, 0) is 0 Å². The number of rotatable bonds is 6. The molecule has 2 bridgehead atoms. The van der Waals surface area contributed by atoms with E-state index < -0.39 is 5.82 Å². The number of nitrogens with zero attached hydrogens (tertiary/aromatic N) is 4. The van der Waals surface area contributed by atoms with Gasteiger partial charge in [0.1, 0.15) is 17.7 Å². The second-order valence-electron chi connectivity index (χ2n) is 10.4. The van der Waals surface area contributed by atoms with Crippen molar-refractivity contribution < 1.29 is 19.0 Å². The van der Waals surface area contributed by atoms with Gasteiger partial charge in [0.05, 0.1) is 41.7 Å². The third kappa shape index (κ3) is 5.30. The van der Waals surface area contributed by atoms with Crippen LogP contribution < -0.4 is 10.5 Å². The van der Waals surface area contributed by atoms with Gasteiger partial charge in [0.15, 0.2) is 5.82 Å². The van der Waals surface area contributed by atoms with Crippen LogP contribution >= 0.6 is 11.6 Å². The number of hydrogen-bond donors (Lipinski definition) is 2. The van der Waals surface area contributed by atoms with Crippen molar-refractivity contribution in [2.75, 3.05) is 32.8 Å². The van der Waals surface area contributed by atoms with Crippen molar-refractivity contribution in [3.63, 3.8) is 0 Å². The van der Waals surface area contributed by atoms with Gasteiger partial charge in [0.2, 0.25) is 0 Å². The number of aryl methyl sites for hydroxylation is 2. The molecule has 8 nitrogen and oxygen atoms in total. The Morgan fingerprint density at radius 1 is 1.22 bits per heavy atom. The number of halogens is 2. The number of aliphatic hydroxyl groups excluding tert-OH is 1. The Kier molecular flexibility index (Phi) is 7.38. The summed E-state index contributed by atoms with van der Waals surface area (Å²) in [6, 6.07) is 4.38. The molecule has 1 aromatic carbocycles. The first-order valence-corrected chi connectivity index (χ1v) is 13.2. The van der Waals surface area contributed by atoms with Gasteiger partial charge in [0, 0.05) is 36.5 Å². The van der Waals surface area contributed by atoms with Gasteiger partial charge in [-0.05, 0) is 57.6 Å². The van der Waals surface area contributed by atoms with Crippen molar-refractivity contribution in [3.8, 4) is 5.75 Å². The lowest BCUT2D eigenvalue weighted by atomic mass is 9.95. The number of carbonyl (C=O) groups excluding carboxylic acids is 1. The Morgan fingerprint density at radius 2 is 1.97 bits per heavy atom. The molecule has 198 valence electrons. The summed E-state index contributed by atoms with van der Waals surface area (Å²) >= 11 is 6.22. The highest BCUT2D eigenvalue weighted by Gasteiger charge is 2.37. The first-order valence-electron chi connectivity index (χ1n) is 12.8. The molecule has 2 aromatic rings. The lowest BCUT2D eigenvalue weighted by molar-refractivity contribution is 0.0787. The predicted octanol–water partition coefficient (Wildman–Crippen LogP) is 3.33. The van der Waals surface area contributed by atoms with Crippen LogP contribution in [0.4, 0.5) is 4.39 Å². The van der Waals surface area contributed by atoms with Gasteiger partial charge in [-0.3, -0.25) is 9.69 Å². The van der Waals surface area contributed by atoms with E-state index in [1.165, 1.54) is 18.2 Å². The molecule has 0 radical (unpaired) electrons. The number of carbonyl (C=O) groups is 1. The smallest absolute Gasteiger partial charge is 0.258 e. The molecule has 2 saturated heterocycles. The van der Waals surface area contributed by atoms with Crippen LogP contribution in [0.2, 0.25) is 5.02 Å². The maximum absolute atomic E-state index is 14.3. The van der Waals surface area contributed by atoms with Gasteiger partial charge in [-0.25, -0.2) is 14.4 Å².